The summed E-state index contributed by atoms with van der Waals surface area (Å²) in [5.74, 6) is 0.0152. The lowest BCUT2D eigenvalue weighted by Crippen LogP contribution is -2.32. The summed E-state index contributed by atoms with van der Waals surface area (Å²) in [5, 5.41) is 0. The normalized spacial score (nSPS) is 18.0. The minimum atomic E-state index is -0.528. The van der Waals surface area contributed by atoms with Crippen molar-refractivity contribution in [1.82, 2.24) is 4.90 Å². The quantitative estimate of drug-likeness (QED) is 0.826. The lowest BCUT2D eigenvalue weighted by Gasteiger charge is -2.21. The second-order valence-corrected chi connectivity index (χ2v) is 6.00. The van der Waals surface area contributed by atoms with Crippen LogP contribution in [0, 0.1) is 0 Å². The van der Waals surface area contributed by atoms with Crippen molar-refractivity contribution in [3.63, 3.8) is 0 Å². The summed E-state index contributed by atoms with van der Waals surface area (Å²) >= 11 is 0. The van der Waals surface area contributed by atoms with Gasteiger partial charge in [0.2, 0.25) is 0 Å². The SMILES string of the molecule is CCCOC1CCCN(C(=O)c2ccc(OCC(N)=O)cc2)CC1. The van der Waals surface area contributed by atoms with Crippen LogP contribution < -0.4 is 10.5 Å². The molecule has 1 atom stereocenters. The van der Waals surface area contributed by atoms with Gasteiger partial charge in [0.25, 0.3) is 11.8 Å². The minimum Gasteiger partial charge on any atom is -0.484 e. The van der Waals surface area contributed by atoms with Crippen LogP contribution in [0.15, 0.2) is 24.3 Å². The van der Waals surface area contributed by atoms with E-state index < -0.39 is 5.91 Å². The molecule has 1 aliphatic rings. The molecular weight excluding hydrogens is 308 g/mol. The lowest BCUT2D eigenvalue weighted by molar-refractivity contribution is -0.119. The topological polar surface area (TPSA) is 81.9 Å². The van der Waals surface area contributed by atoms with Gasteiger partial charge in [0.05, 0.1) is 6.10 Å². The first-order chi connectivity index (χ1) is 11.6. The van der Waals surface area contributed by atoms with Crippen molar-refractivity contribution in [3.8, 4) is 5.75 Å². The Labute approximate surface area is 142 Å². The number of carbonyl (C=O) groups is 2. The van der Waals surface area contributed by atoms with Crippen molar-refractivity contribution >= 4 is 11.8 Å². The smallest absolute Gasteiger partial charge is 0.255 e. The molecule has 2 N–H and O–H groups in total. The molecule has 0 aliphatic carbocycles. The molecule has 0 radical (unpaired) electrons. The summed E-state index contributed by atoms with van der Waals surface area (Å²) in [6, 6.07) is 6.80. The summed E-state index contributed by atoms with van der Waals surface area (Å²) in [4.78, 5) is 25.2. The lowest BCUT2D eigenvalue weighted by atomic mass is 10.1. The fourth-order valence-electron chi connectivity index (χ4n) is 2.75. The number of ether oxygens (including phenoxy) is 2. The highest BCUT2D eigenvalue weighted by molar-refractivity contribution is 5.94. The first kappa shape index (κ1) is 18.3. The van der Waals surface area contributed by atoms with Crippen LogP contribution in [-0.4, -0.2) is 49.1 Å². The van der Waals surface area contributed by atoms with Gasteiger partial charge >= 0.3 is 0 Å². The molecule has 1 saturated heterocycles. The second-order valence-electron chi connectivity index (χ2n) is 6.00. The predicted molar refractivity (Wildman–Crippen MR) is 90.9 cm³/mol. The second kappa shape index (κ2) is 9.27. The van der Waals surface area contributed by atoms with Gasteiger partial charge < -0.3 is 20.1 Å². The molecular formula is C18H26N2O4. The van der Waals surface area contributed by atoms with Gasteiger partial charge in [-0.25, -0.2) is 0 Å². The Bertz CT molecular complexity index is 544. The highest BCUT2D eigenvalue weighted by atomic mass is 16.5. The monoisotopic (exact) mass is 334 g/mol. The number of primary amides is 1. The van der Waals surface area contributed by atoms with E-state index in [1.54, 1.807) is 24.3 Å². The number of hydrogen-bond acceptors (Lipinski definition) is 4. The van der Waals surface area contributed by atoms with Crippen LogP contribution in [0.1, 0.15) is 43.0 Å². The Balaban J connectivity index is 1.89. The fourth-order valence-corrected chi connectivity index (χ4v) is 2.75. The van der Waals surface area contributed by atoms with Crippen LogP contribution in [0.4, 0.5) is 0 Å². The van der Waals surface area contributed by atoms with Crippen molar-refractivity contribution in [2.24, 2.45) is 5.73 Å². The Morgan fingerprint density at radius 1 is 1.21 bits per heavy atom. The number of carbonyl (C=O) groups excluding carboxylic acids is 2. The molecule has 0 bridgehead atoms. The molecule has 0 spiro atoms. The largest absolute Gasteiger partial charge is 0.484 e. The molecule has 2 amide bonds. The maximum absolute atomic E-state index is 12.6. The Morgan fingerprint density at radius 2 is 1.96 bits per heavy atom. The van der Waals surface area contributed by atoms with Crippen LogP contribution in [-0.2, 0) is 9.53 Å². The molecule has 1 aromatic rings. The maximum atomic E-state index is 12.6. The van der Waals surface area contributed by atoms with Crippen LogP contribution >= 0.6 is 0 Å². The third-order valence-electron chi connectivity index (χ3n) is 4.00. The number of nitrogens with two attached hydrogens (primary N) is 1. The first-order valence-corrected chi connectivity index (χ1v) is 8.52. The van der Waals surface area contributed by atoms with Crippen LogP contribution in [0.3, 0.4) is 0 Å². The van der Waals surface area contributed by atoms with Crippen molar-refractivity contribution in [1.29, 1.82) is 0 Å². The fraction of sp³-hybridized carbons (Fsp3) is 0.556. The standard InChI is InChI=1S/C18H26N2O4/c1-2-12-23-15-4-3-10-20(11-9-15)18(22)14-5-7-16(8-6-14)24-13-17(19)21/h5-8,15H,2-4,9-13H2,1H3,(H2,19,21). The summed E-state index contributed by atoms with van der Waals surface area (Å²) < 4.78 is 11.0. The zero-order valence-corrected chi connectivity index (χ0v) is 14.2. The first-order valence-electron chi connectivity index (χ1n) is 8.52. The summed E-state index contributed by atoms with van der Waals surface area (Å²) in [5.41, 5.74) is 5.66. The van der Waals surface area contributed by atoms with Gasteiger partial charge in [-0.1, -0.05) is 6.92 Å². The Hall–Kier alpha value is -2.08. The zero-order valence-electron chi connectivity index (χ0n) is 14.2. The van der Waals surface area contributed by atoms with E-state index in [-0.39, 0.29) is 18.6 Å². The number of hydrogen-bond donors (Lipinski definition) is 1. The summed E-state index contributed by atoms with van der Waals surface area (Å²) in [7, 11) is 0. The molecule has 1 aliphatic heterocycles. The average Bonchev–Trinajstić information content (AvgIpc) is 2.83. The van der Waals surface area contributed by atoms with E-state index in [0.29, 0.717) is 17.9 Å². The van der Waals surface area contributed by atoms with E-state index in [1.807, 2.05) is 4.90 Å². The van der Waals surface area contributed by atoms with Gasteiger partial charge in [-0.3, -0.25) is 9.59 Å². The van der Waals surface area contributed by atoms with E-state index >= 15 is 0 Å². The van der Waals surface area contributed by atoms with E-state index in [9.17, 15) is 9.59 Å². The molecule has 2 rings (SSSR count). The highest BCUT2D eigenvalue weighted by Gasteiger charge is 2.21. The van der Waals surface area contributed by atoms with Crippen LogP contribution in [0.5, 0.6) is 5.75 Å². The van der Waals surface area contributed by atoms with Crippen LogP contribution in [0.25, 0.3) is 0 Å². The van der Waals surface area contributed by atoms with Crippen molar-refractivity contribution in [3.05, 3.63) is 29.8 Å². The van der Waals surface area contributed by atoms with E-state index in [0.717, 1.165) is 38.8 Å². The molecule has 0 saturated carbocycles. The van der Waals surface area contributed by atoms with Gasteiger partial charge in [-0.05, 0) is 49.9 Å². The zero-order chi connectivity index (χ0) is 17.4. The van der Waals surface area contributed by atoms with Crippen molar-refractivity contribution in [2.45, 2.75) is 38.7 Å². The highest BCUT2D eigenvalue weighted by Crippen LogP contribution is 2.18. The number of benzene rings is 1. The minimum absolute atomic E-state index is 0.0209. The Kier molecular flexibility index (Phi) is 7.06. The molecule has 0 aromatic heterocycles. The molecule has 1 fully saturated rings. The average molecular weight is 334 g/mol. The van der Waals surface area contributed by atoms with Crippen molar-refractivity contribution in [2.75, 3.05) is 26.3 Å². The molecule has 1 unspecified atom stereocenters. The van der Waals surface area contributed by atoms with Gasteiger partial charge in [-0.15, -0.1) is 0 Å². The molecule has 1 heterocycles. The molecule has 6 nitrogen and oxygen atoms in total. The molecule has 132 valence electrons. The van der Waals surface area contributed by atoms with Gasteiger partial charge in [-0.2, -0.15) is 0 Å². The van der Waals surface area contributed by atoms with E-state index in [1.165, 1.54) is 0 Å². The maximum Gasteiger partial charge on any atom is 0.255 e. The molecule has 24 heavy (non-hydrogen) atoms. The number of likely N-dealkylation sites (tertiary alicyclic amines) is 1. The predicted octanol–water partition coefficient (Wildman–Crippen LogP) is 1.97. The molecule has 6 heteroatoms. The van der Waals surface area contributed by atoms with E-state index in [4.69, 9.17) is 15.2 Å². The third kappa shape index (κ3) is 5.53. The third-order valence-corrected chi connectivity index (χ3v) is 4.00. The van der Waals surface area contributed by atoms with Gasteiger partial charge in [0.15, 0.2) is 6.61 Å². The van der Waals surface area contributed by atoms with E-state index in [2.05, 4.69) is 6.92 Å². The Morgan fingerprint density at radius 3 is 2.62 bits per heavy atom. The number of rotatable bonds is 7. The summed E-state index contributed by atoms with van der Waals surface area (Å²) in [6.45, 7) is 4.19. The van der Waals surface area contributed by atoms with Gasteiger partial charge in [0.1, 0.15) is 5.75 Å². The van der Waals surface area contributed by atoms with Gasteiger partial charge in [0, 0.05) is 25.3 Å². The van der Waals surface area contributed by atoms with Crippen molar-refractivity contribution < 1.29 is 19.1 Å². The summed E-state index contributed by atoms with van der Waals surface area (Å²) in [6.07, 6.45) is 4.12. The number of amides is 2. The number of nitrogens with zero attached hydrogens (tertiary/aromatic N) is 1. The van der Waals surface area contributed by atoms with Crippen LogP contribution in [0.2, 0.25) is 0 Å². The molecule has 1 aromatic carbocycles.